The van der Waals surface area contributed by atoms with Crippen molar-refractivity contribution in [2.24, 2.45) is 0 Å². The molecule has 5 nitrogen and oxygen atoms in total. The topological polar surface area (TPSA) is 58.4 Å². The van der Waals surface area contributed by atoms with Gasteiger partial charge < -0.3 is 9.84 Å². The zero-order valence-electron chi connectivity index (χ0n) is 14.9. The molecule has 0 unspecified atom stereocenters. The molecule has 2 aromatic rings. The maximum Gasteiger partial charge on any atom is 0.227 e. The first-order chi connectivity index (χ1) is 12.2. The van der Waals surface area contributed by atoms with E-state index >= 15 is 0 Å². The van der Waals surface area contributed by atoms with Crippen molar-refractivity contribution in [1.29, 1.82) is 0 Å². The summed E-state index contributed by atoms with van der Waals surface area (Å²) in [4.78, 5) is 14.8. The number of rotatable bonds is 6. The van der Waals surface area contributed by atoms with Gasteiger partial charge in [-0.1, -0.05) is 48.3 Å². The third-order valence-electron chi connectivity index (χ3n) is 4.77. The minimum Gasteiger partial charge on any atom is -0.361 e. The van der Waals surface area contributed by atoms with Crippen LogP contribution >= 0.6 is 0 Å². The quantitative estimate of drug-likeness (QED) is 0.876. The van der Waals surface area contributed by atoms with Gasteiger partial charge in [0.25, 0.3) is 0 Å². The summed E-state index contributed by atoms with van der Waals surface area (Å²) in [6.07, 6.45) is 5.30. The van der Waals surface area contributed by atoms with Crippen LogP contribution in [0, 0.1) is 6.92 Å². The first-order valence-electron chi connectivity index (χ1n) is 9.20. The second-order valence-electron chi connectivity index (χ2n) is 6.79. The van der Waals surface area contributed by atoms with E-state index in [4.69, 9.17) is 4.52 Å². The first-order valence-corrected chi connectivity index (χ1v) is 9.20. The van der Waals surface area contributed by atoms with Crippen LogP contribution in [0.1, 0.15) is 48.7 Å². The van der Waals surface area contributed by atoms with E-state index < -0.39 is 0 Å². The first kappa shape index (κ1) is 17.7. The number of hydrogen-bond acceptors (Lipinski definition) is 4. The van der Waals surface area contributed by atoms with E-state index in [1.54, 1.807) is 0 Å². The van der Waals surface area contributed by atoms with Crippen LogP contribution in [0.5, 0.6) is 0 Å². The lowest BCUT2D eigenvalue weighted by molar-refractivity contribution is -0.121. The molecule has 134 valence electrons. The van der Waals surface area contributed by atoms with Gasteiger partial charge in [0, 0.05) is 12.6 Å². The number of hydrogen-bond donors (Lipinski definition) is 1. The van der Waals surface area contributed by atoms with Gasteiger partial charge in [-0.05, 0) is 38.4 Å². The SMILES string of the molecule is Cc1cc(CC(=O)NC[C@@H](c2ccccc2)N2CCCCCC2)on1. The Morgan fingerprint density at radius 2 is 1.92 bits per heavy atom. The molecule has 25 heavy (non-hydrogen) atoms. The van der Waals surface area contributed by atoms with E-state index in [0.29, 0.717) is 12.3 Å². The van der Waals surface area contributed by atoms with E-state index in [1.165, 1.54) is 31.2 Å². The van der Waals surface area contributed by atoms with Gasteiger partial charge in [0.15, 0.2) is 0 Å². The van der Waals surface area contributed by atoms with Crippen molar-refractivity contribution in [2.45, 2.75) is 45.1 Å². The molecule has 1 amide bonds. The summed E-state index contributed by atoms with van der Waals surface area (Å²) < 4.78 is 5.14. The smallest absolute Gasteiger partial charge is 0.227 e. The number of carbonyl (C=O) groups is 1. The normalized spacial score (nSPS) is 17.0. The predicted octanol–water partition coefficient (Wildman–Crippen LogP) is 3.26. The van der Waals surface area contributed by atoms with Crippen LogP contribution in [0.2, 0.25) is 0 Å². The second kappa shape index (κ2) is 8.81. The molecule has 1 aliphatic heterocycles. The number of likely N-dealkylation sites (tertiary alicyclic amines) is 1. The Balaban J connectivity index is 1.63. The van der Waals surface area contributed by atoms with Crippen molar-refractivity contribution in [3.8, 4) is 0 Å². The van der Waals surface area contributed by atoms with Gasteiger partial charge in [-0.15, -0.1) is 0 Å². The molecular weight excluding hydrogens is 314 g/mol. The highest BCUT2D eigenvalue weighted by Crippen LogP contribution is 2.23. The summed E-state index contributed by atoms with van der Waals surface area (Å²) in [5.74, 6) is 0.591. The Labute approximate surface area is 149 Å². The molecule has 0 spiro atoms. The summed E-state index contributed by atoms with van der Waals surface area (Å²) in [5, 5.41) is 6.92. The molecule has 1 aromatic heterocycles. The summed E-state index contributed by atoms with van der Waals surface area (Å²) in [6, 6.07) is 12.5. The molecule has 5 heteroatoms. The standard InChI is InChI=1S/C20H27N3O2/c1-16-13-18(25-22-16)14-20(24)21-15-19(17-9-5-4-6-10-17)23-11-7-2-3-8-12-23/h4-6,9-10,13,19H,2-3,7-8,11-12,14-15H2,1H3,(H,21,24)/t19-/m0/s1. The highest BCUT2D eigenvalue weighted by molar-refractivity contribution is 5.77. The van der Waals surface area contributed by atoms with Gasteiger partial charge in [-0.2, -0.15) is 0 Å². The van der Waals surface area contributed by atoms with Gasteiger partial charge in [-0.3, -0.25) is 9.69 Å². The lowest BCUT2D eigenvalue weighted by atomic mass is 10.0. The highest BCUT2D eigenvalue weighted by Gasteiger charge is 2.22. The van der Waals surface area contributed by atoms with Crippen LogP contribution in [0.15, 0.2) is 40.9 Å². The van der Waals surface area contributed by atoms with Gasteiger partial charge in [0.05, 0.1) is 18.2 Å². The molecule has 2 heterocycles. The fourth-order valence-electron chi connectivity index (χ4n) is 3.47. The van der Waals surface area contributed by atoms with Gasteiger partial charge in [0.1, 0.15) is 5.76 Å². The predicted molar refractivity (Wildman–Crippen MR) is 97.2 cm³/mol. The molecule has 1 N–H and O–H groups in total. The van der Waals surface area contributed by atoms with Crippen molar-refractivity contribution in [3.63, 3.8) is 0 Å². The molecule has 1 aliphatic rings. The van der Waals surface area contributed by atoms with Crippen LogP contribution < -0.4 is 5.32 Å². The molecule has 3 rings (SSSR count). The zero-order chi connectivity index (χ0) is 17.5. The third-order valence-corrected chi connectivity index (χ3v) is 4.77. The number of aryl methyl sites for hydroxylation is 1. The fourth-order valence-corrected chi connectivity index (χ4v) is 3.47. The van der Waals surface area contributed by atoms with E-state index in [9.17, 15) is 4.79 Å². The highest BCUT2D eigenvalue weighted by atomic mass is 16.5. The third kappa shape index (κ3) is 5.16. The number of carbonyl (C=O) groups excluding carboxylic acids is 1. The largest absolute Gasteiger partial charge is 0.361 e. The zero-order valence-corrected chi connectivity index (χ0v) is 14.9. The minimum atomic E-state index is -0.0214. The van der Waals surface area contributed by atoms with E-state index in [0.717, 1.165) is 18.8 Å². The lowest BCUT2D eigenvalue weighted by Crippen LogP contribution is -2.39. The number of nitrogens with one attached hydrogen (secondary N) is 1. The molecule has 0 radical (unpaired) electrons. The molecule has 0 aliphatic carbocycles. The average molecular weight is 341 g/mol. The molecule has 0 bridgehead atoms. The summed E-state index contributed by atoms with van der Waals surface area (Å²) in [6.45, 7) is 4.67. The van der Waals surface area contributed by atoms with Crippen LogP contribution in [0.4, 0.5) is 0 Å². The number of nitrogens with zero attached hydrogens (tertiary/aromatic N) is 2. The van der Waals surface area contributed by atoms with Gasteiger partial charge in [0.2, 0.25) is 5.91 Å². The molecule has 1 aromatic carbocycles. The van der Waals surface area contributed by atoms with E-state index in [1.807, 2.05) is 19.1 Å². The average Bonchev–Trinajstić information content (AvgIpc) is 2.86. The van der Waals surface area contributed by atoms with Crippen molar-refractivity contribution >= 4 is 5.91 Å². The van der Waals surface area contributed by atoms with Crippen LogP contribution in [0.3, 0.4) is 0 Å². The lowest BCUT2D eigenvalue weighted by Gasteiger charge is -2.31. The van der Waals surface area contributed by atoms with Gasteiger partial charge in [-0.25, -0.2) is 0 Å². The molecule has 0 saturated carbocycles. The van der Waals surface area contributed by atoms with Crippen LogP contribution in [-0.2, 0) is 11.2 Å². The van der Waals surface area contributed by atoms with Crippen molar-refractivity contribution in [2.75, 3.05) is 19.6 Å². The number of aromatic nitrogens is 1. The molecule has 1 fully saturated rings. The Morgan fingerprint density at radius 3 is 2.56 bits per heavy atom. The van der Waals surface area contributed by atoms with Gasteiger partial charge >= 0.3 is 0 Å². The monoisotopic (exact) mass is 341 g/mol. The van der Waals surface area contributed by atoms with Crippen LogP contribution in [0.25, 0.3) is 0 Å². The summed E-state index contributed by atoms with van der Waals surface area (Å²) in [5.41, 5.74) is 2.06. The Bertz CT molecular complexity index is 661. The van der Waals surface area contributed by atoms with Crippen LogP contribution in [-0.4, -0.2) is 35.6 Å². The maximum atomic E-state index is 12.3. The Kier molecular flexibility index (Phi) is 6.23. The number of amides is 1. The Hall–Kier alpha value is -2.14. The van der Waals surface area contributed by atoms with E-state index in [2.05, 4.69) is 39.6 Å². The van der Waals surface area contributed by atoms with Crippen molar-refractivity contribution in [3.05, 3.63) is 53.4 Å². The van der Waals surface area contributed by atoms with Crippen molar-refractivity contribution in [1.82, 2.24) is 15.4 Å². The minimum absolute atomic E-state index is 0.0214. The van der Waals surface area contributed by atoms with E-state index in [-0.39, 0.29) is 18.4 Å². The molecule has 1 atom stereocenters. The van der Waals surface area contributed by atoms with Crippen molar-refractivity contribution < 1.29 is 9.32 Å². The maximum absolute atomic E-state index is 12.3. The summed E-state index contributed by atoms with van der Waals surface area (Å²) >= 11 is 0. The molecular formula is C20H27N3O2. The Morgan fingerprint density at radius 1 is 1.20 bits per heavy atom. The molecule has 1 saturated heterocycles. The second-order valence-corrected chi connectivity index (χ2v) is 6.79. The fraction of sp³-hybridized carbons (Fsp3) is 0.500. The summed E-state index contributed by atoms with van der Waals surface area (Å²) in [7, 11) is 0. The number of benzene rings is 1.